The highest BCUT2D eigenvalue weighted by Crippen LogP contribution is 2.25. The van der Waals surface area contributed by atoms with Gasteiger partial charge in [-0.3, -0.25) is 0 Å². The lowest BCUT2D eigenvalue weighted by Crippen LogP contribution is -2.09. The molecule has 0 atom stereocenters. The Hall–Kier alpha value is -2.36. The molecule has 1 fully saturated rings. The van der Waals surface area contributed by atoms with Gasteiger partial charge in [-0.25, -0.2) is 9.78 Å². The molecule has 21 heavy (non-hydrogen) atoms. The predicted octanol–water partition coefficient (Wildman–Crippen LogP) is 3.47. The van der Waals surface area contributed by atoms with Crippen molar-refractivity contribution in [2.45, 2.75) is 25.9 Å². The average Bonchev–Trinajstić information content (AvgIpc) is 3.32. The summed E-state index contributed by atoms with van der Waals surface area (Å²) in [6.07, 6.45) is 2.02. The van der Waals surface area contributed by atoms with E-state index in [1.165, 1.54) is 0 Å². The van der Waals surface area contributed by atoms with Crippen LogP contribution in [0.15, 0.2) is 42.5 Å². The number of benzene rings is 1. The van der Waals surface area contributed by atoms with Gasteiger partial charge in [-0.05, 0) is 56.2 Å². The molecule has 1 heterocycles. The number of hydrogen-bond donors (Lipinski definition) is 0. The molecule has 1 aromatic heterocycles. The lowest BCUT2D eigenvalue weighted by atomic mass is 10.1. The zero-order valence-electron chi connectivity index (χ0n) is 11.9. The summed E-state index contributed by atoms with van der Waals surface area (Å²) in [6, 6.07) is 13.0. The fraction of sp³-hybridized carbons (Fsp3) is 0.294. The number of hydrogen-bond acceptors (Lipinski definition) is 4. The average molecular weight is 283 g/mol. The molecule has 1 aliphatic carbocycles. The third-order valence-corrected chi connectivity index (χ3v) is 3.22. The Kier molecular flexibility index (Phi) is 3.86. The van der Waals surface area contributed by atoms with Gasteiger partial charge in [-0.15, -0.1) is 0 Å². The van der Waals surface area contributed by atoms with Crippen molar-refractivity contribution in [3.63, 3.8) is 0 Å². The van der Waals surface area contributed by atoms with E-state index in [2.05, 4.69) is 4.98 Å². The van der Waals surface area contributed by atoms with Gasteiger partial charge in [0.2, 0.25) is 0 Å². The fourth-order valence-corrected chi connectivity index (χ4v) is 2.00. The molecule has 1 saturated carbocycles. The van der Waals surface area contributed by atoms with Crippen LogP contribution >= 0.6 is 0 Å². The fourth-order valence-electron chi connectivity index (χ4n) is 2.00. The van der Waals surface area contributed by atoms with Gasteiger partial charge in [0, 0.05) is 5.56 Å². The maximum Gasteiger partial charge on any atom is 0.357 e. The van der Waals surface area contributed by atoms with Gasteiger partial charge < -0.3 is 9.47 Å². The van der Waals surface area contributed by atoms with E-state index in [-0.39, 0.29) is 12.1 Å². The lowest BCUT2D eigenvalue weighted by molar-refractivity contribution is 0.0465. The highest BCUT2D eigenvalue weighted by molar-refractivity contribution is 5.88. The van der Waals surface area contributed by atoms with Gasteiger partial charge in [0.05, 0.1) is 12.3 Å². The first-order valence-corrected chi connectivity index (χ1v) is 7.17. The van der Waals surface area contributed by atoms with E-state index in [4.69, 9.17) is 9.47 Å². The van der Waals surface area contributed by atoms with Crippen molar-refractivity contribution in [3.05, 3.63) is 48.2 Å². The maximum atomic E-state index is 11.9. The summed E-state index contributed by atoms with van der Waals surface area (Å²) in [7, 11) is 0. The number of esters is 1. The molecule has 0 amide bonds. The van der Waals surface area contributed by atoms with Crippen LogP contribution < -0.4 is 4.74 Å². The topological polar surface area (TPSA) is 48.4 Å². The van der Waals surface area contributed by atoms with Crippen molar-refractivity contribution in [1.29, 1.82) is 0 Å². The number of carbonyl (C=O) groups is 1. The number of ether oxygens (including phenoxy) is 2. The Morgan fingerprint density at radius 1 is 1.19 bits per heavy atom. The van der Waals surface area contributed by atoms with Crippen LogP contribution in [0.5, 0.6) is 5.75 Å². The van der Waals surface area contributed by atoms with Crippen LogP contribution in [0, 0.1) is 0 Å². The normalized spacial score (nSPS) is 13.8. The molecular formula is C17H17NO3. The second kappa shape index (κ2) is 5.95. The van der Waals surface area contributed by atoms with E-state index in [0.717, 1.165) is 29.8 Å². The number of aromatic nitrogens is 1. The third kappa shape index (κ3) is 3.40. The molecule has 3 rings (SSSR count). The molecule has 4 nitrogen and oxygen atoms in total. The van der Waals surface area contributed by atoms with Crippen molar-refractivity contribution < 1.29 is 14.3 Å². The van der Waals surface area contributed by atoms with E-state index >= 15 is 0 Å². The highest BCUT2D eigenvalue weighted by atomic mass is 16.5. The second-order valence-electron chi connectivity index (χ2n) is 4.97. The molecule has 1 aromatic carbocycles. The van der Waals surface area contributed by atoms with Crippen LogP contribution in [-0.4, -0.2) is 23.7 Å². The molecule has 0 saturated heterocycles. The van der Waals surface area contributed by atoms with Crippen LogP contribution in [0.2, 0.25) is 0 Å². The summed E-state index contributed by atoms with van der Waals surface area (Å²) >= 11 is 0. The van der Waals surface area contributed by atoms with Crippen LogP contribution in [0.25, 0.3) is 11.3 Å². The molecule has 4 heteroatoms. The van der Waals surface area contributed by atoms with Gasteiger partial charge >= 0.3 is 5.97 Å². The van der Waals surface area contributed by atoms with Crippen molar-refractivity contribution in [1.82, 2.24) is 4.98 Å². The molecule has 0 radical (unpaired) electrons. The van der Waals surface area contributed by atoms with Gasteiger partial charge in [0.15, 0.2) is 0 Å². The Labute approximate surface area is 123 Å². The zero-order valence-corrected chi connectivity index (χ0v) is 11.9. The molecule has 2 aromatic rings. The highest BCUT2D eigenvalue weighted by Gasteiger charge is 2.27. The largest absolute Gasteiger partial charge is 0.494 e. The number of pyridine rings is 1. The zero-order chi connectivity index (χ0) is 14.7. The van der Waals surface area contributed by atoms with Crippen molar-refractivity contribution in [2.24, 2.45) is 0 Å². The first kappa shape index (κ1) is 13.6. The molecule has 1 aliphatic rings. The summed E-state index contributed by atoms with van der Waals surface area (Å²) in [4.78, 5) is 16.3. The minimum Gasteiger partial charge on any atom is -0.494 e. The first-order valence-electron chi connectivity index (χ1n) is 7.17. The molecule has 0 bridgehead atoms. The van der Waals surface area contributed by atoms with Gasteiger partial charge in [-0.2, -0.15) is 0 Å². The summed E-state index contributed by atoms with van der Waals surface area (Å²) in [5, 5.41) is 0. The first-order chi connectivity index (χ1) is 10.3. The second-order valence-corrected chi connectivity index (χ2v) is 4.97. The van der Waals surface area contributed by atoms with Crippen LogP contribution in [0.3, 0.4) is 0 Å². The van der Waals surface area contributed by atoms with Crippen LogP contribution in [0.1, 0.15) is 30.3 Å². The Morgan fingerprint density at radius 2 is 1.95 bits per heavy atom. The Balaban J connectivity index is 1.79. The van der Waals surface area contributed by atoms with Gasteiger partial charge in [0.1, 0.15) is 17.5 Å². The molecule has 0 unspecified atom stereocenters. The molecular weight excluding hydrogens is 266 g/mol. The minimum absolute atomic E-state index is 0.0911. The number of rotatable bonds is 5. The lowest BCUT2D eigenvalue weighted by Gasteiger charge is -2.06. The smallest absolute Gasteiger partial charge is 0.357 e. The maximum absolute atomic E-state index is 11.9. The third-order valence-electron chi connectivity index (χ3n) is 3.22. The summed E-state index contributed by atoms with van der Waals surface area (Å²) in [5.41, 5.74) is 2.05. The van der Waals surface area contributed by atoms with E-state index in [9.17, 15) is 4.79 Å². The summed E-state index contributed by atoms with van der Waals surface area (Å²) in [5.74, 6) is 0.482. The van der Waals surface area contributed by atoms with Crippen LogP contribution in [-0.2, 0) is 4.74 Å². The van der Waals surface area contributed by atoms with Crippen molar-refractivity contribution in [3.8, 4) is 17.0 Å². The standard InChI is InChI=1S/C17H17NO3/c1-2-20-13-8-6-12(7-9-13)15-4-3-5-16(18-15)17(19)21-14-10-11-14/h3-9,14H,2,10-11H2,1H3. The summed E-state index contributed by atoms with van der Waals surface area (Å²) in [6.45, 7) is 2.59. The van der Waals surface area contributed by atoms with E-state index in [1.54, 1.807) is 6.07 Å². The number of nitrogens with zero attached hydrogens (tertiary/aromatic N) is 1. The quantitative estimate of drug-likeness (QED) is 0.788. The molecule has 108 valence electrons. The Morgan fingerprint density at radius 3 is 2.62 bits per heavy atom. The van der Waals surface area contributed by atoms with Gasteiger partial charge in [-0.1, -0.05) is 6.07 Å². The van der Waals surface area contributed by atoms with Crippen LogP contribution in [0.4, 0.5) is 0 Å². The SMILES string of the molecule is CCOc1ccc(-c2cccc(C(=O)OC3CC3)n2)cc1. The monoisotopic (exact) mass is 283 g/mol. The van der Waals surface area contributed by atoms with E-state index in [0.29, 0.717) is 12.3 Å². The predicted molar refractivity (Wildman–Crippen MR) is 79.3 cm³/mol. The summed E-state index contributed by atoms with van der Waals surface area (Å²) < 4.78 is 10.7. The van der Waals surface area contributed by atoms with E-state index < -0.39 is 0 Å². The number of carbonyl (C=O) groups excluding carboxylic acids is 1. The van der Waals surface area contributed by atoms with Crippen molar-refractivity contribution >= 4 is 5.97 Å². The Bertz CT molecular complexity index is 633. The van der Waals surface area contributed by atoms with Crippen molar-refractivity contribution in [2.75, 3.05) is 6.61 Å². The molecule has 0 N–H and O–H groups in total. The minimum atomic E-state index is -0.342. The van der Waals surface area contributed by atoms with Gasteiger partial charge in [0.25, 0.3) is 0 Å². The molecule has 0 spiro atoms. The van der Waals surface area contributed by atoms with E-state index in [1.807, 2.05) is 43.3 Å². The molecule has 0 aliphatic heterocycles.